The Bertz CT molecular complexity index is 629. The van der Waals surface area contributed by atoms with E-state index in [0.29, 0.717) is 15.4 Å². The number of aliphatic hydroxyl groups is 1. The molecule has 1 N–H and O–H groups in total. The van der Waals surface area contributed by atoms with E-state index < -0.39 is 11.0 Å². The van der Waals surface area contributed by atoms with Gasteiger partial charge in [0.2, 0.25) is 0 Å². The average molecular weight is 293 g/mol. The number of benzene rings is 2. The maximum absolute atomic E-state index is 12.8. The predicted octanol–water partition coefficient (Wildman–Crippen LogP) is 3.94. The molecule has 0 aliphatic heterocycles. The van der Waals surface area contributed by atoms with Gasteiger partial charge in [-0.3, -0.25) is 10.1 Å². The lowest BCUT2D eigenvalue weighted by Crippen LogP contribution is -1.96. The highest BCUT2D eigenvalue weighted by Crippen LogP contribution is 2.36. The normalized spacial score (nSPS) is 12.2. The van der Waals surface area contributed by atoms with Gasteiger partial charge in [-0.25, -0.2) is 4.39 Å². The third-order valence-corrected chi connectivity index (χ3v) is 3.78. The van der Waals surface area contributed by atoms with E-state index in [9.17, 15) is 19.6 Å². The molecule has 4 nitrogen and oxygen atoms in total. The molecule has 0 saturated carbocycles. The van der Waals surface area contributed by atoms with E-state index in [0.717, 1.165) is 0 Å². The van der Waals surface area contributed by atoms with E-state index in [2.05, 4.69) is 0 Å². The van der Waals surface area contributed by atoms with Crippen molar-refractivity contribution in [3.05, 3.63) is 64.0 Å². The van der Waals surface area contributed by atoms with Crippen LogP contribution < -0.4 is 0 Å². The van der Waals surface area contributed by atoms with Gasteiger partial charge in [-0.2, -0.15) is 0 Å². The zero-order chi connectivity index (χ0) is 14.7. The molecule has 0 radical (unpaired) electrons. The van der Waals surface area contributed by atoms with Crippen LogP contribution in [0.4, 0.5) is 10.1 Å². The van der Waals surface area contributed by atoms with E-state index in [4.69, 9.17) is 0 Å². The van der Waals surface area contributed by atoms with Gasteiger partial charge in [0.1, 0.15) is 5.82 Å². The second kappa shape index (κ2) is 6.02. The summed E-state index contributed by atoms with van der Waals surface area (Å²) in [5.74, 6) is -0.353. The molecular weight excluding hydrogens is 281 g/mol. The first kappa shape index (κ1) is 14.5. The summed E-state index contributed by atoms with van der Waals surface area (Å²) in [6, 6.07) is 10.3. The van der Waals surface area contributed by atoms with Gasteiger partial charge in [0.25, 0.3) is 5.69 Å². The molecule has 2 rings (SSSR count). The van der Waals surface area contributed by atoms with Gasteiger partial charge in [-0.05, 0) is 42.8 Å². The van der Waals surface area contributed by atoms with Crippen molar-refractivity contribution in [2.24, 2.45) is 0 Å². The lowest BCUT2D eigenvalue weighted by molar-refractivity contribution is -0.387. The van der Waals surface area contributed by atoms with Crippen molar-refractivity contribution in [3.8, 4) is 0 Å². The fourth-order valence-electron chi connectivity index (χ4n) is 1.65. The summed E-state index contributed by atoms with van der Waals surface area (Å²) in [5.41, 5.74) is 0.415. The van der Waals surface area contributed by atoms with Crippen LogP contribution in [0.5, 0.6) is 0 Å². The molecular formula is C14H12FNO3S. The summed E-state index contributed by atoms with van der Waals surface area (Å²) in [7, 11) is 0. The second-order valence-corrected chi connectivity index (χ2v) is 5.33. The Balaban J connectivity index is 2.35. The second-order valence-electron chi connectivity index (χ2n) is 4.22. The van der Waals surface area contributed by atoms with Crippen LogP contribution in [0, 0.1) is 15.9 Å². The number of rotatable bonds is 4. The Morgan fingerprint density at radius 1 is 1.25 bits per heavy atom. The van der Waals surface area contributed by atoms with Crippen LogP contribution >= 0.6 is 11.8 Å². The van der Waals surface area contributed by atoms with Crippen molar-refractivity contribution in [2.45, 2.75) is 22.8 Å². The fourth-order valence-corrected chi connectivity index (χ4v) is 2.55. The number of nitrogens with zero attached hydrogens (tertiary/aromatic N) is 1. The van der Waals surface area contributed by atoms with E-state index in [1.54, 1.807) is 31.2 Å². The number of halogens is 1. The van der Waals surface area contributed by atoms with Crippen molar-refractivity contribution >= 4 is 17.4 Å². The summed E-state index contributed by atoms with van der Waals surface area (Å²) >= 11 is 1.18. The molecule has 0 aliphatic rings. The number of nitro benzene ring substituents is 1. The first-order valence-corrected chi connectivity index (χ1v) is 6.69. The highest BCUT2D eigenvalue weighted by molar-refractivity contribution is 7.99. The van der Waals surface area contributed by atoms with E-state index in [1.807, 2.05) is 0 Å². The lowest BCUT2D eigenvalue weighted by Gasteiger charge is -2.07. The molecule has 0 amide bonds. The Labute approximate surface area is 119 Å². The minimum Gasteiger partial charge on any atom is -0.389 e. The molecule has 2 aromatic rings. The minimum absolute atomic E-state index is 0.0716. The monoisotopic (exact) mass is 293 g/mol. The van der Waals surface area contributed by atoms with Crippen LogP contribution in [0.3, 0.4) is 0 Å². The summed E-state index contributed by atoms with van der Waals surface area (Å²) in [6.45, 7) is 1.55. The zero-order valence-corrected chi connectivity index (χ0v) is 11.4. The predicted molar refractivity (Wildman–Crippen MR) is 74.3 cm³/mol. The van der Waals surface area contributed by atoms with Crippen molar-refractivity contribution in [1.29, 1.82) is 0 Å². The molecule has 0 heterocycles. The quantitative estimate of drug-likeness (QED) is 0.685. The molecule has 0 unspecified atom stereocenters. The molecule has 104 valence electrons. The van der Waals surface area contributed by atoms with Crippen LogP contribution in [0.25, 0.3) is 0 Å². The summed E-state index contributed by atoms with van der Waals surface area (Å²) in [6.07, 6.45) is -0.765. The van der Waals surface area contributed by atoms with Gasteiger partial charge in [-0.1, -0.05) is 17.8 Å². The molecule has 2 aromatic carbocycles. The van der Waals surface area contributed by atoms with Gasteiger partial charge in [0, 0.05) is 11.0 Å². The lowest BCUT2D eigenvalue weighted by atomic mass is 10.1. The number of nitro groups is 1. The smallest absolute Gasteiger partial charge is 0.283 e. The van der Waals surface area contributed by atoms with Crippen molar-refractivity contribution in [1.82, 2.24) is 0 Å². The van der Waals surface area contributed by atoms with Crippen molar-refractivity contribution < 1.29 is 14.4 Å². The maximum Gasteiger partial charge on any atom is 0.283 e. The van der Waals surface area contributed by atoms with Crippen LogP contribution in [0.15, 0.2) is 52.3 Å². The van der Waals surface area contributed by atoms with E-state index >= 15 is 0 Å². The van der Waals surface area contributed by atoms with Gasteiger partial charge >= 0.3 is 0 Å². The van der Waals surface area contributed by atoms with Crippen molar-refractivity contribution in [3.63, 3.8) is 0 Å². The van der Waals surface area contributed by atoms with Gasteiger partial charge in [0.15, 0.2) is 0 Å². The molecule has 0 saturated heterocycles. The highest BCUT2D eigenvalue weighted by atomic mass is 32.2. The number of hydrogen-bond donors (Lipinski definition) is 1. The number of hydrogen-bond acceptors (Lipinski definition) is 4. The minimum atomic E-state index is -0.765. The molecule has 0 aromatic heterocycles. The van der Waals surface area contributed by atoms with Gasteiger partial charge in [-0.15, -0.1) is 0 Å². The SMILES string of the molecule is C[C@H](O)c1ccc(Sc2ccc(F)cc2)c([N+](=O)[O-])c1. The number of aliphatic hydroxyl groups excluding tert-OH is 1. The Kier molecular flexibility index (Phi) is 4.36. The molecule has 20 heavy (non-hydrogen) atoms. The Morgan fingerprint density at radius 2 is 1.90 bits per heavy atom. The fraction of sp³-hybridized carbons (Fsp3) is 0.143. The van der Waals surface area contributed by atoms with Crippen molar-refractivity contribution in [2.75, 3.05) is 0 Å². The molecule has 1 atom stereocenters. The molecule has 0 aliphatic carbocycles. The van der Waals surface area contributed by atoms with E-state index in [1.165, 1.54) is 30.0 Å². The van der Waals surface area contributed by atoms with Gasteiger partial charge in [0.05, 0.1) is 15.9 Å². The highest BCUT2D eigenvalue weighted by Gasteiger charge is 2.17. The van der Waals surface area contributed by atoms with Crippen LogP contribution in [0.2, 0.25) is 0 Å². The van der Waals surface area contributed by atoms with Gasteiger partial charge < -0.3 is 5.11 Å². The largest absolute Gasteiger partial charge is 0.389 e. The molecule has 6 heteroatoms. The third-order valence-electron chi connectivity index (χ3n) is 2.70. The molecule has 0 fully saturated rings. The Hall–Kier alpha value is -1.92. The summed E-state index contributed by atoms with van der Waals surface area (Å²) in [5, 5.41) is 20.6. The first-order chi connectivity index (χ1) is 9.47. The standard InChI is InChI=1S/C14H12FNO3S/c1-9(17)10-2-7-14(13(8-10)16(18)19)20-12-5-3-11(15)4-6-12/h2-9,17H,1H3/t9-/m0/s1. The topological polar surface area (TPSA) is 63.4 Å². The summed E-state index contributed by atoms with van der Waals surface area (Å²) in [4.78, 5) is 11.8. The first-order valence-electron chi connectivity index (χ1n) is 5.87. The maximum atomic E-state index is 12.8. The molecule has 0 spiro atoms. The van der Waals surface area contributed by atoms with E-state index in [-0.39, 0.29) is 11.5 Å². The zero-order valence-electron chi connectivity index (χ0n) is 10.6. The Morgan fingerprint density at radius 3 is 2.45 bits per heavy atom. The van der Waals surface area contributed by atoms with Crippen LogP contribution in [-0.2, 0) is 0 Å². The van der Waals surface area contributed by atoms with Crippen LogP contribution in [-0.4, -0.2) is 10.0 Å². The van der Waals surface area contributed by atoms with Crippen LogP contribution in [0.1, 0.15) is 18.6 Å². The third kappa shape index (κ3) is 3.34. The summed E-state index contributed by atoms with van der Waals surface area (Å²) < 4.78 is 12.8. The molecule has 0 bridgehead atoms. The average Bonchev–Trinajstić information content (AvgIpc) is 2.41.